The van der Waals surface area contributed by atoms with E-state index in [1.54, 1.807) is 25.3 Å². The van der Waals surface area contributed by atoms with Crippen LogP contribution in [0.2, 0.25) is 0 Å². The molecule has 2 heterocycles. The van der Waals surface area contributed by atoms with Gasteiger partial charge in [0.2, 0.25) is 5.91 Å². The van der Waals surface area contributed by atoms with Gasteiger partial charge in [-0.2, -0.15) is 0 Å². The molecule has 0 aliphatic carbocycles. The van der Waals surface area contributed by atoms with E-state index < -0.39 is 5.41 Å². The number of hydrogen-bond donors (Lipinski definition) is 2. The van der Waals surface area contributed by atoms with E-state index in [1.165, 1.54) is 11.3 Å². The van der Waals surface area contributed by atoms with E-state index in [1.807, 2.05) is 6.07 Å². The molecule has 25 heavy (non-hydrogen) atoms. The summed E-state index contributed by atoms with van der Waals surface area (Å²) in [5.74, 6) is -0.305. The number of rotatable bonds is 5. The zero-order chi connectivity index (χ0) is 17.9. The van der Waals surface area contributed by atoms with Crippen LogP contribution in [0.25, 0.3) is 0 Å². The number of halogens is 1. The van der Waals surface area contributed by atoms with Crippen molar-refractivity contribution in [3.05, 3.63) is 46.2 Å². The summed E-state index contributed by atoms with van der Waals surface area (Å²) in [5.41, 5.74) is 6.79. The summed E-state index contributed by atoms with van der Waals surface area (Å²) in [4.78, 5) is 17.9. The molecule has 1 aromatic carbocycles. The molecule has 0 radical (unpaired) electrons. The summed E-state index contributed by atoms with van der Waals surface area (Å²) in [6.07, 6.45) is 3.55. The SMILES string of the molecule is Cc1ccc(Cc2cnc(NC(=O)C3(CN)CCOCC3)s2)cc1F. The van der Waals surface area contributed by atoms with Gasteiger partial charge < -0.3 is 15.8 Å². The van der Waals surface area contributed by atoms with E-state index in [0.717, 1.165) is 10.4 Å². The van der Waals surface area contributed by atoms with E-state index in [2.05, 4.69) is 10.3 Å². The third-order valence-electron chi connectivity index (χ3n) is 4.71. The van der Waals surface area contributed by atoms with Gasteiger partial charge in [-0.05, 0) is 37.0 Å². The lowest BCUT2D eigenvalue weighted by molar-refractivity contribution is -0.130. The topological polar surface area (TPSA) is 77.2 Å². The van der Waals surface area contributed by atoms with Gasteiger partial charge in [-0.25, -0.2) is 9.37 Å². The molecule has 7 heteroatoms. The van der Waals surface area contributed by atoms with E-state index in [4.69, 9.17) is 10.5 Å². The number of aryl methyl sites for hydroxylation is 1. The Balaban J connectivity index is 1.66. The van der Waals surface area contributed by atoms with Gasteiger partial charge >= 0.3 is 0 Å². The maximum absolute atomic E-state index is 13.7. The molecule has 0 saturated carbocycles. The number of anilines is 1. The zero-order valence-electron chi connectivity index (χ0n) is 14.2. The molecule has 0 bridgehead atoms. The van der Waals surface area contributed by atoms with Crippen LogP contribution in [0.1, 0.15) is 28.8 Å². The third-order valence-corrected chi connectivity index (χ3v) is 5.62. The quantitative estimate of drug-likeness (QED) is 0.856. The molecule has 3 rings (SSSR count). The number of carbonyl (C=O) groups is 1. The number of benzene rings is 1. The number of aromatic nitrogens is 1. The summed E-state index contributed by atoms with van der Waals surface area (Å²) in [6, 6.07) is 5.21. The Morgan fingerprint density at radius 2 is 2.20 bits per heavy atom. The predicted molar refractivity (Wildman–Crippen MR) is 96.2 cm³/mol. The second-order valence-electron chi connectivity index (χ2n) is 6.44. The Hall–Kier alpha value is -1.83. The van der Waals surface area contributed by atoms with Gasteiger partial charge in [0.15, 0.2) is 5.13 Å². The summed E-state index contributed by atoms with van der Waals surface area (Å²) in [7, 11) is 0. The van der Waals surface area contributed by atoms with Crippen LogP contribution in [0.4, 0.5) is 9.52 Å². The minimum absolute atomic E-state index is 0.0967. The average Bonchev–Trinajstić information content (AvgIpc) is 3.05. The first-order valence-corrected chi connectivity index (χ1v) is 9.13. The highest BCUT2D eigenvalue weighted by molar-refractivity contribution is 7.15. The zero-order valence-corrected chi connectivity index (χ0v) is 15.0. The molecule has 1 saturated heterocycles. The van der Waals surface area contributed by atoms with Crippen molar-refractivity contribution in [2.45, 2.75) is 26.2 Å². The third kappa shape index (κ3) is 4.05. The largest absolute Gasteiger partial charge is 0.381 e. The number of nitrogens with two attached hydrogens (primary N) is 1. The van der Waals surface area contributed by atoms with E-state index >= 15 is 0 Å². The average molecular weight is 363 g/mol. The van der Waals surface area contributed by atoms with Gasteiger partial charge in [0.1, 0.15) is 5.82 Å². The molecular formula is C18H22FN3O2S. The van der Waals surface area contributed by atoms with Gasteiger partial charge in [-0.3, -0.25) is 4.79 Å². The summed E-state index contributed by atoms with van der Waals surface area (Å²) >= 11 is 1.40. The molecule has 1 amide bonds. The van der Waals surface area contributed by atoms with Crippen molar-refractivity contribution in [3.8, 4) is 0 Å². The number of thiazole rings is 1. The highest BCUT2D eigenvalue weighted by Gasteiger charge is 2.39. The van der Waals surface area contributed by atoms with Crippen LogP contribution >= 0.6 is 11.3 Å². The Labute approximate surface area is 150 Å². The molecule has 5 nitrogen and oxygen atoms in total. The van der Waals surface area contributed by atoms with E-state index in [-0.39, 0.29) is 11.7 Å². The predicted octanol–water partition coefficient (Wildman–Crippen LogP) is 2.88. The molecule has 0 atom stereocenters. The first-order valence-electron chi connectivity index (χ1n) is 8.31. The molecule has 1 aromatic heterocycles. The molecule has 0 unspecified atom stereocenters. The van der Waals surface area contributed by atoms with Crippen LogP contribution in [-0.2, 0) is 16.0 Å². The van der Waals surface area contributed by atoms with Crippen LogP contribution in [0, 0.1) is 18.2 Å². The van der Waals surface area contributed by atoms with Crippen molar-refractivity contribution in [1.82, 2.24) is 4.98 Å². The summed E-state index contributed by atoms with van der Waals surface area (Å²) in [5, 5.41) is 3.44. The highest BCUT2D eigenvalue weighted by atomic mass is 32.1. The van der Waals surface area contributed by atoms with E-state index in [0.29, 0.717) is 49.7 Å². The highest BCUT2D eigenvalue weighted by Crippen LogP contribution is 2.32. The summed E-state index contributed by atoms with van der Waals surface area (Å²) in [6.45, 7) is 3.13. The van der Waals surface area contributed by atoms with Crippen LogP contribution in [-0.4, -0.2) is 30.6 Å². The molecule has 3 N–H and O–H groups in total. The summed E-state index contributed by atoms with van der Waals surface area (Å²) < 4.78 is 19.0. The lowest BCUT2D eigenvalue weighted by Gasteiger charge is -2.34. The number of carbonyl (C=O) groups excluding carboxylic acids is 1. The fourth-order valence-corrected chi connectivity index (χ4v) is 3.75. The number of nitrogens with one attached hydrogen (secondary N) is 1. The van der Waals surface area contributed by atoms with E-state index in [9.17, 15) is 9.18 Å². The lowest BCUT2D eigenvalue weighted by atomic mass is 9.79. The second-order valence-corrected chi connectivity index (χ2v) is 7.56. The molecule has 134 valence electrons. The van der Waals surface area contributed by atoms with Gasteiger partial charge in [0.25, 0.3) is 0 Å². The number of hydrogen-bond acceptors (Lipinski definition) is 5. The number of ether oxygens (including phenoxy) is 1. The molecule has 1 aliphatic heterocycles. The van der Waals surface area contributed by atoms with Crippen molar-refractivity contribution in [2.75, 3.05) is 25.1 Å². The Morgan fingerprint density at radius 3 is 2.88 bits per heavy atom. The normalized spacial score (nSPS) is 16.6. The first kappa shape index (κ1) is 18.0. The smallest absolute Gasteiger partial charge is 0.233 e. The second kappa shape index (κ2) is 7.59. The molecule has 2 aromatic rings. The van der Waals surface area contributed by atoms with Gasteiger partial charge in [0, 0.05) is 37.3 Å². The fraction of sp³-hybridized carbons (Fsp3) is 0.444. The Morgan fingerprint density at radius 1 is 1.44 bits per heavy atom. The van der Waals surface area contributed by atoms with Crippen LogP contribution in [0.15, 0.2) is 24.4 Å². The van der Waals surface area contributed by atoms with Gasteiger partial charge in [0.05, 0.1) is 5.41 Å². The molecular weight excluding hydrogens is 341 g/mol. The maximum atomic E-state index is 13.7. The van der Waals surface area contributed by atoms with Crippen LogP contribution in [0.5, 0.6) is 0 Å². The molecule has 1 aliphatic rings. The van der Waals surface area contributed by atoms with Crippen molar-refractivity contribution in [2.24, 2.45) is 11.1 Å². The fourth-order valence-electron chi connectivity index (χ4n) is 2.91. The van der Waals surface area contributed by atoms with Gasteiger partial charge in [-0.15, -0.1) is 11.3 Å². The van der Waals surface area contributed by atoms with Crippen molar-refractivity contribution >= 4 is 22.4 Å². The monoisotopic (exact) mass is 363 g/mol. The molecule has 0 spiro atoms. The standard InChI is InChI=1S/C18H22FN3O2S/c1-12-2-3-13(9-15(12)19)8-14-10-21-17(25-14)22-16(23)18(11-20)4-6-24-7-5-18/h2-3,9-10H,4-8,11,20H2,1H3,(H,21,22,23). The minimum Gasteiger partial charge on any atom is -0.381 e. The van der Waals surface area contributed by atoms with Crippen LogP contribution in [0.3, 0.4) is 0 Å². The molecule has 1 fully saturated rings. The van der Waals surface area contributed by atoms with Crippen molar-refractivity contribution < 1.29 is 13.9 Å². The Kier molecular flexibility index (Phi) is 5.46. The Bertz CT molecular complexity index is 757. The lowest BCUT2D eigenvalue weighted by Crippen LogP contribution is -2.46. The first-order chi connectivity index (χ1) is 12.0. The minimum atomic E-state index is -0.579. The van der Waals surface area contributed by atoms with Crippen molar-refractivity contribution in [3.63, 3.8) is 0 Å². The number of amides is 1. The maximum Gasteiger partial charge on any atom is 0.233 e. The van der Waals surface area contributed by atoms with Crippen molar-refractivity contribution in [1.29, 1.82) is 0 Å². The number of nitrogens with zero attached hydrogens (tertiary/aromatic N) is 1. The van der Waals surface area contributed by atoms with Gasteiger partial charge in [-0.1, -0.05) is 12.1 Å². The van der Waals surface area contributed by atoms with Crippen LogP contribution < -0.4 is 11.1 Å².